The number of Topliss-reactive ketones (excluding diaryl/α,β-unsaturated/α-hetero) is 1. The average Bonchev–Trinajstić information content (AvgIpc) is 2.32. The van der Waals surface area contributed by atoms with Gasteiger partial charge in [0, 0.05) is 5.69 Å². The van der Waals surface area contributed by atoms with Gasteiger partial charge in [-0.25, -0.2) is 4.39 Å². The molecule has 0 saturated heterocycles. The van der Waals surface area contributed by atoms with Crippen LogP contribution in [0.4, 0.5) is 10.1 Å². The second kappa shape index (κ2) is 4.97. The van der Waals surface area contributed by atoms with Crippen molar-refractivity contribution in [2.24, 2.45) is 0 Å². The summed E-state index contributed by atoms with van der Waals surface area (Å²) in [4.78, 5) is 23.3. The summed E-state index contributed by atoms with van der Waals surface area (Å²) in [6, 6.07) is 5.12. The van der Waals surface area contributed by atoms with Crippen molar-refractivity contribution in [1.82, 2.24) is 5.32 Å². The van der Waals surface area contributed by atoms with E-state index in [1.54, 1.807) is 0 Å². The van der Waals surface area contributed by atoms with Gasteiger partial charge in [-0.2, -0.15) is 0 Å². The number of halogens is 1. The van der Waals surface area contributed by atoms with Crippen LogP contribution < -0.4 is 10.6 Å². The van der Waals surface area contributed by atoms with Gasteiger partial charge >= 0.3 is 0 Å². The van der Waals surface area contributed by atoms with E-state index >= 15 is 0 Å². The van der Waals surface area contributed by atoms with E-state index in [9.17, 15) is 19.1 Å². The zero-order valence-electron chi connectivity index (χ0n) is 9.37. The minimum absolute atomic E-state index is 0.0101. The van der Waals surface area contributed by atoms with Crippen LogP contribution in [0.2, 0.25) is 0 Å². The average molecular weight is 250 g/mol. The molecule has 1 aliphatic rings. The summed E-state index contributed by atoms with van der Waals surface area (Å²) >= 11 is 0. The Hall–Kier alpha value is -2.21. The largest absolute Gasteiger partial charge is 0.510 e. The quantitative estimate of drug-likeness (QED) is 0.677. The molecule has 0 radical (unpaired) electrons. The summed E-state index contributed by atoms with van der Waals surface area (Å²) < 4.78 is 12.7. The number of benzene rings is 1. The molecule has 3 N–H and O–H groups in total. The molecule has 1 amide bonds. The lowest BCUT2D eigenvalue weighted by Crippen LogP contribution is -2.37. The van der Waals surface area contributed by atoms with Crippen molar-refractivity contribution in [2.75, 3.05) is 18.4 Å². The molecule has 5 nitrogen and oxygen atoms in total. The Morgan fingerprint density at radius 1 is 1.28 bits per heavy atom. The fraction of sp³-hybridized carbons (Fsp3) is 0.167. The molecule has 6 heteroatoms. The zero-order chi connectivity index (χ0) is 13.1. The number of aliphatic hydroxyl groups is 1. The van der Waals surface area contributed by atoms with Gasteiger partial charge < -0.3 is 15.7 Å². The van der Waals surface area contributed by atoms with Gasteiger partial charge in [0.2, 0.25) is 0 Å². The number of nitrogens with one attached hydrogen (secondary N) is 2. The maximum atomic E-state index is 12.7. The van der Waals surface area contributed by atoms with Crippen LogP contribution in [0.15, 0.2) is 35.6 Å². The smallest absolute Gasteiger partial charge is 0.262 e. The summed E-state index contributed by atoms with van der Waals surface area (Å²) in [7, 11) is 0. The lowest BCUT2D eigenvalue weighted by molar-refractivity contribution is -0.120. The first-order chi connectivity index (χ1) is 8.58. The van der Waals surface area contributed by atoms with Crippen molar-refractivity contribution in [1.29, 1.82) is 0 Å². The molecule has 0 spiro atoms. The van der Waals surface area contributed by atoms with Crippen molar-refractivity contribution in [3.8, 4) is 0 Å². The van der Waals surface area contributed by atoms with Crippen LogP contribution in [0, 0.1) is 5.82 Å². The van der Waals surface area contributed by atoms with Gasteiger partial charge in [0.05, 0.1) is 13.1 Å². The van der Waals surface area contributed by atoms with E-state index in [0.29, 0.717) is 5.69 Å². The van der Waals surface area contributed by atoms with E-state index in [4.69, 9.17) is 0 Å². The number of amides is 1. The SMILES string of the molecule is O=C1CNCC(O)=C1C(=O)Nc1ccc(F)cc1. The third-order valence-electron chi connectivity index (χ3n) is 2.47. The van der Waals surface area contributed by atoms with Gasteiger partial charge in [0.25, 0.3) is 5.91 Å². The van der Waals surface area contributed by atoms with Crippen LogP contribution in [-0.2, 0) is 9.59 Å². The van der Waals surface area contributed by atoms with Gasteiger partial charge in [-0.1, -0.05) is 0 Å². The van der Waals surface area contributed by atoms with Crippen molar-refractivity contribution in [3.63, 3.8) is 0 Å². The minimum Gasteiger partial charge on any atom is -0.510 e. The fourth-order valence-corrected chi connectivity index (χ4v) is 1.62. The van der Waals surface area contributed by atoms with E-state index < -0.39 is 17.5 Å². The Kier molecular flexibility index (Phi) is 3.38. The van der Waals surface area contributed by atoms with Crippen molar-refractivity contribution in [3.05, 3.63) is 41.4 Å². The first kappa shape index (κ1) is 12.3. The Bertz CT molecular complexity index is 523. The highest BCUT2D eigenvalue weighted by molar-refractivity contribution is 6.24. The van der Waals surface area contributed by atoms with E-state index in [1.165, 1.54) is 24.3 Å². The molecule has 1 aromatic carbocycles. The van der Waals surface area contributed by atoms with Crippen LogP contribution in [0.25, 0.3) is 0 Å². The molecule has 0 atom stereocenters. The molecular formula is C12H11FN2O3. The van der Waals surface area contributed by atoms with Crippen LogP contribution in [0.3, 0.4) is 0 Å². The van der Waals surface area contributed by atoms with Crippen molar-refractivity contribution >= 4 is 17.4 Å². The first-order valence-electron chi connectivity index (χ1n) is 5.31. The predicted molar refractivity (Wildman–Crippen MR) is 62.6 cm³/mol. The van der Waals surface area contributed by atoms with Gasteiger partial charge in [0.15, 0.2) is 5.78 Å². The van der Waals surface area contributed by atoms with Crippen LogP contribution in [0.1, 0.15) is 0 Å². The summed E-state index contributed by atoms with van der Waals surface area (Å²) in [6.07, 6.45) is 0. The third-order valence-corrected chi connectivity index (χ3v) is 2.47. The standard InChI is InChI=1S/C12H11FN2O3/c13-7-1-3-8(4-2-7)15-12(18)11-9(16)5-14-6-10(11)17/h1-4,14,16H,5-6H2,(H,15,18). The Morgan fingerprint density at radius 2 is 1.94 bits per heavy atom. The van der Waals surface area contributed by atoms with Gasteiger partial charge in [-0.3, -0.25) is 9.59 Å². The normalized spacial score (nSPS) is 15.7. The molecule has 0 saturated carbocycles. The Balaban J connectivity index is 2.17. The predicted octanol–water partition coefficient (Wildman–Crippen LogP) is 0.749. The minimum atomic E-state index is -0.689. The summed E-state index contributed by atoms with van der Waals surface area (Å²) in [5.74, 6) is -1.87. The molecule has 0 bridgehead atoms. The molecule has 2 rings (SSSR count). The number of carbonyl (C=O) groups excluding carboxylic acids is 2. The van der Waals surface area contributed by atoms with Gasteiger partial charge in [-0.15, -0.1) is 0 Å². The fourth-order valence-electron chi connectivity index (χ4n) is 1.62. The second-order valence-electron chi connectivity index (χ2n) is 3.81. The highest BCUT2D eigenvalue weighted by atomic mass is 19.1. The molecule has 1 heterocycles. The maximum Gasteiger partial charge on any atom is 0.262 e. The topological polar surface area (TPSA) is 78.4 Å². The second-order valence-corrected chi connectivity index (χ2v) is 3.81. The molecule has 94 valence electrons. The Labute approximate surface area is 102 Å². The highest BCUT2D eigenvalue weighted by Crippen LogP contribution is 2.13. The van der Waals surface area contributed by atoms with Crippen molar-refractivity contribution < 1.29 is 19.1 Å². The molecule has 1 aliphatic heterocycles. The maximum absolute atomic E-state index is 12.7. The van der Waals surface area contributed by atoms with Crippen LogP contribution in [0.5, 0.6) is 0 Å². The number of rotatable bonds is 2. The Morgan fingerprint density at radius 3 is 2.56 bits per heavy atom. The summed E-state index contributed by atoms with van der Waals surface area (Å²) in [6.45, 7) is 0.0914. The highest BCUT2D eigenvalue weighted by Gasteiger charge is 2.26. The lowest BCUT2D eigenvalue weighted by Gasteiger charge is -2.15. The monoisotopic (exact) mass is 250 g/mol. The van der Waals surface area contributed by atoms with E-state index in [0.717, 1.165) is 0 Å². The molecule has 0 fully saturated rings. The number of aliphatic hydroxyl groups excluding tert-OH is 1. The van der Waals surface area contributed by atoms with E-state index in [-0.39, 0.29) is 24.4 Å². The zero-order valence-corrected chi connectivity index (χ0v) is 9.37. The van der Waals surface area contributed by atoms with E-state index in [2.05, 4.69) is 10.6 Å². The summed E-state index contributed by atoms with van der Waals surface area (Å²) in [5.41, 5.74) is 0.103. The molecular weight excluding hydrogens is 239 g/mol. The summed E-state index contributed by atoms with van der Waals surface area (Å²) in [5, 5.41) is 14.6. The van der Waals surface area contributed by atoms with Gasteiger partial charge in [0.1, 0.15) is 17.1 Å². The lowest BCUT2D eigenvalue weighted by atomic mass is 10.1. The molecule has 0 aromatic heterocycles. The number of carbonyl (C=O) groups is 2. The number of ketones is 1. The molecule has 1 aromatic rings. The number of anilines is 1. The van der Waals surface area contributed by atoms with E-state index in [1.807, 2.05) is 0 Å². The molecule has 0 unspecified atom stereocenters. The van der Waals surface area contributed by atoms with Crippen molar-refractivity contribution in [2.45, 2.75) is 0 Å². The van der Waals surface area contributed by atoms with Crippen LogP contribution in [-0.4, -0.2) is 29.9 Å². The first-order valence-corrected chi connectivity index (χ1v) is 5.31. The third kappa shape index (κ3) is 2.54. The number of hydrogen-bond acceptors (Lipinski definition) is 4. The molecule has 0 aliphatic carbocycles. The number of hydrogen-bond donors (Lipinski definition) is 3. The molecule has 18 heavy (non-hydrogen) atoms. The van der Waals surface area contributed by atoms with Crippen LogP contribution >= 0.6 is 0 Å². The van der Waals surface area contributed by atoms with Gasteiger partial charge in [-0.05, 0) is 24.3 Å².